The highest BCUT2D eigenvalue weighted by molar-refractivity contribution is 8.00. The highest BCUT2D eigenvalue weighted by Gasteiger charge is 2.44. The van der Waals surface area contributed by atoms with Crippen molar-refractivity contribution in [3.05, 3.63) is 41.9 Å². The third-order valence-electron chi connectivity index (χ3n) is 5.85. The van der Waals surface area contributed by atoms with E-state index < -0.39 is 24.5 Å². The van der Waals surface area contributed by atoms with Crippen LogP contribution in [0.25, 0.3) is 11.2 Å². The van der Waals surface area contributed by atoms with Crippen molar-refractivity contribution < 1.29 is 14.9 Å². The van der Waals surface area contributed by atoms with Gasteiger partial charge < -0.3 is 20.4 Å². The molecule has 2 fully saturated rings. The van der Waals surface area contributed by atoms with Crippen LogP contribution in [0.2, 0.25) is 5.28 Å². The van der Waals surface area contributed by atoms with Crippen molar-refractivity contribution in [2.24, 2.45) is 0 Å². The first kappa shape index (κ1) is 23.1. The number of hydrogen-bond acceptors (Lipinski definition) is 9. The summed E-state index contributed by atoms with van der Waals surface area (Å²) in [6, 6.07) is 10.4. The number of hydrogen-bond donors (Lipinski definition) is 3. The number of fused-ring (bicyclic) bond motifs is 1. The van der Waals surface area contributed by atoms with Gasteiger partial charge in [0.05, 0.1) is 12.2 Å². The Hall–Kier alpha value is -1.66. The molecule has 12 heteroatoms. The number of imidazole rings is 1. The van der Waals surface area contributed by atoms with Gasteiger partial charge in [0.2, 0.25) is 5.28 Å². The van der Waals surface area contributed by atoms with Crippen LogP contribution in [0.4, 0.5) is 5.82 Å². The van der Waals surface area contributed by atoms with E-state index in [1.54, 1.807) is 4.57 Å². The van der Waals surface area contributed by atoms with Gasteiger partial charge in [-0.25, -0.2) is 9.99 Å². The Morgan fingerprint density at radius 3 is 2.76 bits per heavy atom. The average Bonchev–Trinajstić information content (AvgIpc) is 3.35. The molecule has 4 heterocycles. The van der Waals surface area contributed by atoms with Crippen molar-refractivity contribution in [3.8, 4) is 0 Å². The first-order valence-corrected chi connectivity index (χ1v) is 12.5. The summed E-state index contributed by atoms with van der Waals surface area (Å²) in [7, 11) is 0. The van der Waals surface area contributed by atoms with E-state index in [4.69, 9.17) is 27.9 Å². The number of anilines is 1. The lowest BCUT2D eigenvalue weighted by molar-refractivity contribution is -0.0291. The van der Waals surface area contributed by atoms with Gasteiger partial charge in [-0.15, -0.1) is 23.4 Å². The van der Waals surface area contributed by atoms with Crippen LogP contribution in [0.1, 0.15) is 19.1 Å². The van der Waals surface area contributed by atoms with Gasteiger partial charge in [-0.3, -0.25) is 4.57 Å². The lowest BCUT2D eigenvalue weighted by Gasteiger charge is -2.32. The molecule has 3 aromatic rings. The molecule has 0 radical (unpaired) electrons. The number of benzene rings is 1. The van der Waals surface area contributed by atoms with Crippen molar-refractivity contribution in [1.29, 1.82) is 0 Å². The molecule has 0 aliphatic carbocycles. The van der Waals surface area contributed by atoms with Gasteiger partial charge in [0, 0.05) is 23.2 Å². The molecule has 1 aromatic carbocycles. The summed E-state index contributed by atoms with van der Waals surface area (Å²) in [4.78, 5) is 14.4. The average molecular weight is 511 g/mol. The predicted molar refractivity (Wildman–Crippen MR) is 127 cm³/mol. The van der Waals surface area contributed by atoms with Crippen molar-refractivity contribution in [3.63, 3.8) is 0 Å². The molecule has 2 aliphatic rings. The zero-order valence-corrected chi connectivity index (χ0v) is 19.9. The first-order valence-electron chi connectivity index (χ1n) is 10.7. The minimum Gasteiger partial charge on any atom is -0.387 e. The van der Waals surface area contributed by atoms with Crippen LogP contribution in [-0.4, -0.2) is 77.3 Å². The second kappa shape index (κ2) is 9.91. The molecular weight excluding hydrogens is 487 g/mol. The molecule has 2 saturated heterocycles. The Bertz CT molecular complexity index is 1110. The van der Waals surface area contributed by atoms with Crippen LogP contribution >= 0.6 is 35.0 Å². The highest BCUT2D eigenvalue weighted by Crippen LogP contribution is 2.34. The van der Waals surface area contributed by atoms with Crippen LogP contribution < -0.4 is 5.43 Å². The normalized spacial score (nSPS) is 28.4. The molecule has 0 saturated carbocycles. The monoisotopic (exact) mass is 510 g/mol. The molecular formula is C21H24Cl2N6O3S. The number of nitrogens with zero attached hydrogens (tertiary/aromatic N) is 5. The Morgan fingerprint density at radius 2 is 2.00 bits per heavy atom. The van der Waals surface area contributed by atoms with E-state index >= 15 is 0 Å². The summed E-state index contributed by atoms with van der Waals surface area (Å²) in [5.41, 5.74) is 4.26. The summed E-state index contributed by atoms with van der Waals surface area (Å²) >= 11 is 14.0. The second-order valence-electron chi connectivity index (χ2n) is 8.12. The van der Waals surface area contributed by atoms with Crippen LogP contribution in [0, 0.1) is 0 Å². The molecule has 2 aliphatic heterocycles. The largest absolute Gasteiger partial charge is 0.387 e. The Morgan fingerprint density at radius 1 is 1.18 bits per heavy atom. The fourth-order valence-corrected chi connectivity index (χ4v) is 5.88. The van der Waals surface area contributed by atoms with E-state index in [0.717, 1.165) is 25.9 Å². The summed E-state index contributed by atoms with van der Waals surface area (Å²) in [6.45, 7) is 1.70. The van der Waals surface area contributed by atoms with E-state index in [-0.39, 0.29) is 11.2 Å². The molecule has 5 atom stereocenters. The number of hydrazine groups is 1. The maximum atomic E-state index is 10.5. The molecule has 3 N–H and O–H groups in total. The smallest absolute Gasteiger partial charge is 0.226 e. The first-order chi connectivity index (χ1) is 16.0. The van der Waals surface area contributed by atoms with Crippen molar-refractivity contribution in [2.45, 2.75) is 47.5 Å². The van der Waals surface area contributed by atoms with E-state index in [1.807, 2.05) is 17.8 Å². The number of thioether (sulfide) groups is 1. The quantitative estimate of drug-likeness (QED) is 0.340. The number of alkyl halides is 1. The molecule has 33 heavy (non-hydrogen) atoms. The molecule has 0 bridgehead atoms. The summed E-state index contributed by atoms with van der Waals surface area (Å²) in [5, 5.41) is 23.2. The Balaban J connectivity index is 1.36. The number of aromatic nitrogens is 4. The van der Waals surface area contributed by atoms with Gasteiger partial charge in [0.25, 0.3) is 0 Å². The van der Waals surface area contributed by atoms with E-state index in [9.17, 15) is 10.2 Å². The zero-order valence-electron chi connectivity index (χ0n) is 17.6. The number of halogens is 2. The van der Waals surface area contributed by atoms with E-state index in [0.29, 0.717) is 22.2 Å². The standard InChI is InChI=1S/C21H24Cl2N6O3S/c22-9-14-16(30)17(31)20(32-14)29-11-24-15-18(25-21(23)26-19(15)29)27-28-8-4-7-13(10-28)33-12-5-2-1-3-6-12/h1-3,5-6,11,13-14,16-17,20,30-31H,4,7-10H2,(H,25,26,27)/t13?,14-,16-,17-,20-/m1/s1. The number of rotatable bonds is 6. The number of aliphatic hydroxyl groups excluding tert-OH is 2. The van der Waals surface area contributed by atoms with Crippen LogP contribution in [-0.2, 0) is 4.74 Å². The van der Waals surface area contributed by atoms with Crippen molar-refractivity contribution >= 4 is 51.9 Å². The zero-order chi connectivity index (χ0) is 22.9. The molecule has 5 rings (SSSR count). The number of aliphatic hydroxyl groups is 2. The van der Waals surface area contributed by atoms with E-state index in [1.165, 1.54) is 11.2 Å². The highest BCUT2D eigenvalue weighted by atomic mass is 35.5. The van der Waals surface area contributed by atoms with Crippen LogP contribution in [0.3, 0.4) is 0 Å². The molecule has 176 valence electrons. The molecule has 9 nitrogen and oxygen atoms in total. The number of nitrogens with one attached hydrogen (secondary N) is 1. The van der Waals surface area contributed by atoms with Gasteiger partial charge in [0.1, 0.15) is 18.3 Å². The third kappa shape index (κ3) is 4.79. The minimum atomic E-state index is -1.17. The summed E-state index contributed by atoms with van der Waals surface area (Å²) < 4.78 is 7.30. The maximum absolute atomic E-state index is 10.5. The summed E-state index contributed by atoms with van der Waals surface area (Å²) in [5.74, 6) is 0.539. The Kier molecular flexibility index (Phi) is 6.94. The molecule has 0 amide bonds. The maximum Gasteiger partial charge on any atom is 0.226 e. The molecule has 0 spiro atoms. The minimum absolute atomic E-state index is 0.0425. The number of ether oxygens (including phenoxy) is 1. The van der Waals surface area contributed by atoms with Crippen LogP contribution in [0.15, 0.2) is 41.6 Å². The SMILES string of the molecule is O[C@@H]1[C@H](O)[C@@H](CCl)O[C@H]1n1cnc2c(NN3CCCC(Sc4ccccc4)C3)nc(Cl)nc21. The summed E-state index contributed by atoms with van der Waals surface area (Å²) in [6.07, 6.45) is -0.161. The van der Waals surface area contributed by atoms with Crippen LogP contribution in [0.5, 0.6) is 0 Å². The number of piperidine rings is 1. The lowest BCUT2D eigenvalue weighted by atomic mass is 10.1. The fraction of sp³-hybridized carbons (Fsp3) is 0.476. The van der Waals surface area contributed by atoms with Gasteiger partial charge in [-0.05, 0) is 36.6 Å². The van der Waals surface area contributed by atoms with Gasteiger partial charge in [-0.1, -0.05) is 18.2 Å². The van der Waals surface area contributed by atoms with Gasteiger partial charge in [-0.2, -0.15) is 9.97 Å². The molecule has 2 aromatic heterocycles. The van der Waals surface area contributed by atoms with Crippen molar-refractivity contribution in [2.75, 3.05) is 24.4 Å². The third-order valence-corrected chi connectivity index (χ3v) is 7.58. The van der Waals surface area contributed by atoms with Gasteiger partial charge in [0.15, 0.2) is 23.2 Å². The fourth-order valence-electron chi connectivity index (χ4n) is 4.22. The van der Waals surface area contributed by atoms with Gasteiger partial charge >= 0.3 is 0 Å². The van der Waals surface area contributed by atoms with E-state index in [2.05, 4.69) is 49.7 Å². The predicted octanol–water partition coefficient (Wildman–Crippen LogP) is 2.92. The molecule has 1 unspecified atom stereocenters. The van der Waals surface area contributed by atoms with Crippen molar-refractivity contribution in [1.82, 2.24) is 24.5 Å². The Labute approximate surface area is 205 Å². The lowest BCUT2D eigenvalue weighted by Crippen LogP contribution is -2.41. The second-order valence-corrected chi connectivity index (χ2v) is 10.1. The topological polar surface area (TPSA) is 109 Å².